The number of nitrogens with one attached hydrogen (secondary N) is 1. The second-order valence-corrected chi connectivity index (χ2v) is 6.65. The monoisotopic (exact) mass is 357 g/mol. The van der Waals surface area contributed by atoms with Gasteiger partial charge in [-0.3, -0.25) is 14.2 Å². The van der Waals surface area contributed by atoms with E-state index < -0.39 is 0 Å². The van der Waals surface area contributed by atoms with Gasteiger partial charge in [-0.2, -0.15) is 0 Å². The van der Waals surface area contributed by atoms with Crippen LogP contribution in [-0.2, 0) is 11.3 Å². The van der Waals surface area contributed by atoms with E-state index in [1.54, 1.807) is 24.9 Å². The normalized spacial score (nSPS) is 11.0. The number of benzene rings is 1. The first-order valence-electron chi connectivity index (χ1n) is 7.91. The second kappa shape index (κ2) is 7.58. The Morgan fingerprint density at radius 3 is 2.80 bits per heavy atom. The summed E-state index contributed by atoms with van der Waals surface area (Å²) in [7, 11) is 1.58. The van der Waals surface area contributed by atoms with Crippen molar-refractivity contribution in [3.63, 3.8) is 0 Å². The minimum absolute atomic E-state index is 0.126. The molecule has 1 amide bonds. The van der Waals surface area contributed by atoms with Crippen molar-refractivity contribution < 1.29 is 9.53 Å². The lowest BCUT2D eigenvalue weighted by atomic mass is 10.2. The van der Waals surface area contributed by atoms with Gasteiger partial charge in [0.05, 0.1) is 29.7 Å². The number of methoxy groups -OCH3 is 1. The summed E-state index contributed by atoms with van der Waals surface area (Å²) in [5, 5.41) is 3.30. The van der Waals surface area contributed by atoms with Gasteiger partial charge in [0.25, 0.3) is 11.5 Å². The number of amides is 1. The van der Waals surface area contributed by atoms with E-state index in [1.165, 1.54) is 11.3 Å². The maximum Gasteiger partial charge on any atom is 0.262 e. The van der Waals surface area contributed by atoms with Crippen LogP contribution in [0.1, 0.15) is 20.8 Å². The summed E-state index contributed by atoms with van der Waals surface area (Å²) in [6.07, 6.45) is 1.54. The van der Waals surface area contributed by atoms with Gasteiger partial charge in [0, 0.05) is 13.7 Å². The largest absolute Gasteiger partial charge is 0.383 e. The summed E-state index contributed by atoms with van der Waals surface area (Å²) in [5.74, 6) is -0.202. The quantitative estimate of drug-likeness (QED) is 0.687. The molecule has 0 unspecified atom stereocenters. The molecule has 7 heteroatoms. The summed E-state index contributed by atoms with van der Waals surface area (Å²) in [6.45, 7) is 3.11. The van der Waals surface area contributed by atoms with Crippen LogP contribution in [0.5, 0.6) is 0 Å². The van der Waals surface area contributed by atoms with E-state index in [4.69, 9.17) is 4.74 Å². The van der Waals surface area contributed by atoms with Crippen molar-refractivity contribution in [2.24, 2.45) is 0 Å². The Balaban J connectivity index is 1.94. The predicted molar refractivity (Wildman–Crippen MR) is 98.4 cm³/mol. The molecule has 0 fully saturated rings. The molecule has 3 aromatic rings. The summed E-state index contributed by atoms with van der Waals surface area (Å²) in [6, 6.07) is 9.73. The van der Waals surface area contributed by atoms with Crippen LogP contribution in [0.2, 0.25) is 0 Å². The number of thiophene rings is 1. The van der Waals surface area contributed by atoms with Crippen LogP contribution in [0.4, 0.5) is 0 Å². The van der Waals surface area contributed by atoms with Crippen LogP contribution in [0, 0.1) is 6.92 Å². The number of carbonyl (C=O) groups is 1. The third-order valence-corrected chi connectivity index (χ3v) is 5.11. The van der Waals surface area contributed by atoms with E-state index in [0.717, 1.165) is 5.56 Å². The Labute approximate surface area is 149 Å². The van der Waals surface area contributed by atoms with E-state index in [1.807, 2.05) is 30.3 Å². The molecule has 0 aliphatic carbocycles. The van der Waals surface area contributed by atoms with E-state index in [0.29, 0.717) is 40.4 Å². The van der Waals surface area contributed by atoms with Crippen LogP contribution in [0.25, 0.3) is 10.2 Å². The number of carbonyl (C=O) groups excluding carboxylic acids is 1. The van der Waals surface area contributed by atoms with Crippen molar-refractivity contribution >= 4 is 27.5 Å². The van der Waals surface area contributed by atoms with Gasteiger partial charge in [0.2, 0.25) is 0 Å². The first-order chi connectivity index (χ1) is 12.1. The van der Waals surface area contributed by atoms with Gasteiger partial charge in [-0.25, -0.2) is 4.98 Å². The number of aromatic nitrogens is 2. The number of aryl methyl sites for hydroxylation is 1. The highest BCUT2D eigenvalue weighted by Crippen LogP contribution is 2.26. The lowest BCUT2D eigenvalue weighted by Crippen LogP contribution is -2.26. The van der Waals surface area contributed by atoms with Gasteiger partial charge >= 0.3 is 0 Å². The number of ether oxygens (including phenoxy) is 1. The molecule has 1 aromatic carbocycles. The first-order valence-corrected chi connectivity index (χ1v) is 8.73. The highest BCUT2D eigenvalue weighted by Gasteiger charge is 2.19. The number of nitrogens with zero attached hydrogens (tertiary/aromatic N) is 2. The molecule has 0 radical (unpaired) electrons. The molecule has 0 spiro atoms. The lowest BCUT2D eigenvalue weighted by Gasteiger charge is -2.05. The molecule has 0 aliphatic rings. The van der Waals surface area contributed by atoms with Gasteiger partial charge in [0.15, 0.2) is 0 Å². The zero-order valence-corrected chi connectivity index (χ0v) is 14.9. The molecular weight excluding hydrogens is 338 g/mol. The SMILES string of the molecule is COCCNC(=O)c1sc2ncn(Cc3ccccc3)c(=O)c2c1C. The average molecular weight is 357 g/mol. The van der Waals surface area contributed by atoms with Gasteiger partial charge in [-0.1, -0.05) is 30.3 Å². The van der Waals surface area contributed by atoms with Gasteiger partial charge in [0.1, 0.15) is 4.83 Å². The lowest BCUT2D eigenvalue weighted by molar-refractivity contribution is 0.0940. The molecule has 0 bridgehead atoms. The van der Waals surface area contributed by atoms with E-state index >= 15 is 0 Å². The fourth-order valence-corrected chi connectivity index (χ4v) is 3.67. The maximum atomic E-state index is 12.8. The molecular formula is C18H19N3O3S. The number of hydrogen-bond acceptors (Lipinski definition) is 5. The zero-order chi connectivity index (χ0) is 17.8. The minimum Gasteiger partial charge on any atom is -0.383 e. The van der Waals surface area contributed by atoms with E-state index in [2.05, 4.69) is 10.3 Å². The van der Waals surface area contributed by atoms with Gasteiger partial charge in [-0.05, 0) is 18.1 Å². The Hall–Kier alpha value is -2.51. The number of fused-ring (bicyclic) bond motifs is 1. The van der Waals surface area contributed by atoms with E-state index in [-0.39, 0.29) is 11.5 Å². The third kappa shape index (κ3) is 3.62. The Morgan fingerprint density at radius 2 is 2.08 bits per heavy atom. The maximum absolute atomic E-state index is 12.8. The first kappa shape index (κ1) is 17.3. The van der Waals surface area contributed by atoms with Crippen LogP contribution < -0.4 is 10.9 Å². The smallest absolute Gasteiger partial charge is 0.262 e. The van der Waals surface area contributed by atoms with Crippen LogP contribution in [0.15, 0.2) is 41.5 Å². The summed E-state index contributed by atoms with van der Waals surface area (Å²) in [4.78, 5) is 30.6. The highest BCUT2D eigenvalue weighted by atomic mass is 32.1. The minimum atomic E-state index is -0.202. The predicted octanol–water partition coefficient (Wildman–Crippen LogP) is 2.19. The Kier molecular flexibility index (Phi) is 5.25. The molecule has 0 aliphatic heterocycles. The van der Waals surface area contributed by atoms with Crippen LogP contribution >= 0.6 is 11.3 Å². The molecule has 3 rings (SSSR count). The standard InChI is InChI=1S/C18H19N3O3S/c1-12-14-17(25-15(12)16(22)19-8-9-24-2)20-11-21(18(14)23)10-13-6-4-3-5-7-13/h3-7,11H,8-10H2,1-2H3,(H,19,22). The molecule has 2 heterocycles. The fraction of sp³-hybridized carbons (Fsp3) is 0.278. The molecule has 1 N–H and O–H groups in total. The molecule has 2 aromatic heterocycles. The van der Waals surface area contributed by atoms with Crippen molar-refractivity contribution in [1.29, 1.82) is 0 Å². The van der Waals surface area contributed by atoms with Crippen molar-refractivity contribution in [2.45, 2.75) is 13.5 Å². The van der Waals surface area contributed by atoms with Crippen LogP contribution in [-0.4, -0.2) is 35.7 Å². The highest BCUT2D eigenvalue weighted by molar-refractivity contribution is 7.20. The third-order valence-electron chi connectivity index (χ3n) is 3.91. The Bertz CT molecular complexity index is 947. The van der Waals surface area contributed by atoms with Crippen LogP contribution in [0.3, 0.4) is 0 Å². The molecule has 130 valence electrons. The molecule has 25 heavy (non-hydrogen) atoms. The summed E-state index contributed by atoms with van der Waals surface area (Å²) in [5.41, 5.74) is 1.57. The number of hydrogen-bond donors (Lipinski definition) is 1. The fourth-order valence-electron chi connectivity index (χ4n) is 2.62. The zero-order valence-electron chi connectivity index (χ0n) is 14.1. The molecule has 0 saturated heterocycles. The second-order valence-electron chi connectivity index (χ2n) is 5.65. The molecule has 6 nitrogen and oxygen atoms in total. The topological polar surface area (TPSA) is 73.2 Å². The van der Waals surface area contributed by atoms with Gasteiger partial charge in [-0.15, -0.1) is 11.3 Å². The van der Waals surface area contributed by atoms with Crippen molar-refractivity contribution in [1.82, 2.24) is 14.9 Å². The average Bonchev–Trinajstić information content (AvgIpc) is 2.96. The Morgan fingerprint density at radius 1 is 1.32 bits per heavy atom. The molecule has 0 saturated carbocycles. The van der Waals surface area contributed by atoms with Crippen molar-refractivity contribution in [2.75, 3.05) is 20.3 Å². The molecule has 0 atom stereocenters. The summed E-state index contributed by atoms with van der Waals surface area (Å²) >= 11 is 1.24. The number of rotatable bonds is 6. The summed E-state index contributed by atoms with van der Waals surface area (Å²) < 4.78 is 6.51. The van der Waals surface area contributed by atoms with Crippen molar-refractivity contribution in [3.8, 4) is 0 Å². The van der Waals surface area contributed by atoms with Gasteiger partial charge < -0.3 is 10.1 Å². The van der Waals surface area contributed by atoms with E-state index in [9.17, 15) is 9.59 Å². The van der Waals surface area contributed by atoms with Crippen molar-refractivity contribution in [3.05, 3.63) is 63.0 Å².